The van der Waals surface area contributed by atoms with Gasteiger partial charge < -0.3 is 10.1 Å². The van der Waals surface area contributed by atoms with Crippen molar-refractivity contribution in [2.45, 2.75) is 45.6 Å². The van der Waals surface area contributed by atoms with E-state index < -0.39 is 23.7 Å². The molecule has 0 aliphatic rings. The van der Waals surface area contributed by atoms with Gasteiger partial charge >= 0.3 is 12.1 Å². The SMILES string of the molecule is CCOC(=O)C(NCc1ccccc1)(NC(=O)CC(C)C)C(F)(F)F. The molecule has 0 spiro atoms. The summed E-state index contributed by atoms with van der Waals surface area (Å²) >= 11 is 0. The number of amides is 1. The van der Waals surface area contributed by atoms with Crippen molar-refractivity contribution in [3.63, 3.8) is 0 Å². The highest BCUT2D eigenvalue weighted by Gasteiger charge is 2.63. The van der Waals surface area contributed by atoms with E-state index in [0.717, 1.165) is 0 Å². The van der Waals surface area contributed by atoms with E-state index in [9.17, 15) is 22.8 Å². The summed E-state index contributed by atoms with van der Waals surface area (Å²) in [6.45, 7) is 4.25. The third-order valence-corrected chi connectivity index (χ3v) is 3.33. The number of nitrogens with one attached hydrogen (secondary N) is 2. The van der Waals surface area contributed by atoms with Gasteiger partial charge in [-0.1, -0.05) is 44.2 Å². The molecule has 2 N–H and O–H groups in total. The molecule has 1 aromatic carbocycles. The van der Waals surface area contributed by atoms with E-state index >= 15 is 0 Å². The highest BCUT2D eigenvalue weighted by atomic mass is 19.4. The van der Waals surface area contributed by atoms with Crippen LogP contribution in [-0.2, 0) is 20.9 Å². The van der Waals surface area contributed by atoms with Gasteiger partial charge in [0.15, 0.2) is 0 Å². The van der Waals surface area contributed by atoms with Gasteiger partial charge in [0.1, 0.15) is 0 Å². The zero-order chi connectivity index (χ0) is 19.1. The number of benzene rings is 1. The summed E-state index contributed by atoms with van der Waals surface area (Å²) in [5, 5.41) is 3.95. The Labute approximate surface area is 144 Å². The first-order chi connectivity index (χ1) is 11.6. The summed E-state index contributed by atoms with van der Waals surface area (Å²) in [4.78, 5) is 24.1. The van der Waals surface area contributed by atoms with Crippen molar-refractivity contribution < 1.29 is 27.5 Å². The zero-order valence-corrected chi connectivity index (χ0v) is 14.4. The maximum atomic E-state index is 13.8. The number of halogens is 3. The monoisotopic (exact) mass is 360 g/mol. The van der Waals surface area contributed by atoms with Crippen LogP contribution in [0.1, 0.15) is 32.8 Å². The summed E-state index contributed by atoms with van der Waals surface area (Å²) in [5.41, 5.74) is -2.77. The number of ether oxygens (including phenoxy) is 1. The number of alkyl halides is 3. The zero-order valence-electron chi connectivity index (χ0n) is 14.4. The van der Waals surface area contributed by atoms with E-state index in [1.807, 2.05) is 5.32 Å². The molecule has 25 heavy (non-hydrogen) atoms. The molecule has 1 atom stereocenters. The maximum Gasteiger partial charge on any atom is 0.436 e. The van der Waals surface area contributed by atoms with Crippen LogP contribution in [0.5, 0.6) is 0 Å². The van der Waals surface area contributed by atoms with Gasteiger partial charge in [-0.2, -0.15) is 13.2 Å². The molecule has 0 saturated carbocycles. The Kier molecular flexibility index (Phi) is 7.41. The second-order valence-electron chi connectivity index (χ2n) is 5.95. The van der Waals surface area contributed by atoms with Crippen LogP contribution in [0.25, 0.3) is 0 Å². The van der Waals surface area contributed by atoms with Gasteiger partial charge in [0.25, 0.3) is 5.66 Å². The fraction of sp³-hybridized carbons (Fsp3) is 0.529. The molecule has 0 fully saturated rings. The molecule has 1 unspecified atom stereocenters. The Morgan fingerprint density at radius 2 is 1.76 bits per heavy atom. The molecule has 5 nitrogen and oxygen atoms in total. The number of carbonyl (C=O) groups is 2. The molecular formula is C17H23F3N2O3. The van der Waals surface area contributed by atoms with Gasteiger partial charge in [0.2, 0.25) is 5.91 Å². The van der Waals surface area contributed by atoms with Crippen LogP contribution in [0.3, 0.4) is 0 Å². The van der Waals surface area contributed by atoms with E-state index in [0.29, 0.717) is 5.56 Å². The van der Waals surface area contributed by atoms with E-state index in [2.05, 4.69) is 10.1 Å². The lowest BCUT2D eigenvalue weighted by atomic mass is 10.1. The fourth-order valence-corrected chi connectivity index (χ4v) is 2.16. The van der Waals surface area contributed by atoms with Crippen molar-refractivity contribution in [3.8, 4) is 0 Å². The van der Waals surface area contributed by atoms with Gasteiger partial charge in [0, 0.05) is 13.0 Å². The third kappa shape index (κ3) is 5.74. The number of rotatable bonds is 8. The van der Waals surface area contributed by atoms with Crippen molar-refractivity contribution in [3.05, 3.63) is 35.9 Å². The Morgan fingerprint density at radius 1 is 1.16 bits per heavy atom. The maximum absolute atomic E-state index is 13.8. The largest absolute Gasteiger partial charge is 0.463 e. The van der Waals surface area contributed by atoms with Gasteiger partial charge in [-0.15, -0.1) is 0 Å². The Hall–Kier alpha value is -2.09. The van der Waals surface area contributed by atoms with E-state index in [-0.39, 0.29) is 25.5 Å². The minimum absolute atomic E-state index is 0.149. The number of esters is 1. The average Bonchev–Trinajstić information content (AvgIpc) is 2.50. The lowest BCUT2D eigenvalue weighted by Crippen LogP contribution is -2.72. The van der Waals surface area contributed by atoms with Crippen LogP contribution in [0.4, 0.5) is 13.2 Å². The molecule has 0 aromatic heterocycles. The summed E-state index contributed by atoms with van der Waals surface area (Å²) in [5.74, 6) is -2.64. The summed E-state index contributed by atoms with van der Waals surface area (Å²) in [6.07, 6.45) is -5.23. The van der Waals surface area contributed by atoms with Crippen molar-refractivity contribution >= 4 is 11.9 Å². The minimum atomic E-state index is -5.08. The molecular weight excluding hydrogens is 337 g/mol. The Balaban J connectivity index is 3.15. The first-order valence-electron chi connectivity index (χ1n) is 7.96. The smallest absolute Gasteiger partial charge is 0.436 e. The van der Waals surface area contributed by atoms with Crippen LogP contribution in [-0.4, -0.2) is 30.3 Å². The predicted molar refractivity (Wildman–Crippen MR) is 86.3 cm³/mol. The average molecular weight is 360 g/mol. The highest BCUT2D eigenvalue weighted by molar-refractivity contribution is 5.88. The lowest BCUT2D eigenvalue weighted by Gasteiger charge is -2.35. The number of carbonyl (C=O) groups excluding carboxylic acids is 2. The Morgan fingerprint density at radius 3 is 2.24 bits per heavy atom. The molecule has 0 radical (unpaired) electrons. The van der Waals surface area contributed by atoms with Crippen LogP contribution in [0, 0.1) is 5.92 Å². The van der Waals surface area contributed by atoms with Crippen LogP contribution >= 0.6 is 0 Å². The van der Waals surface area contributed by atoms with Gasteiger partial charge in [-0.05, 0) is 18.4 Å². The first kappa shape index (κ1) is 21.0. The Bertz CT molecular complexity index is 576. The van der Waals surface area contributed by atoms with E-state index in [1.165, 1.54) is 6.92 Å². The molecule has 0 aliphatic carbocycles. The van der Waals surface area contributed by atoms with Gasteiger partial charge in [0.05, 0.1) is 6.61 Å². The summed E-state index contributed by atoms with van der Waals surface area (Å²) < 4.78 is 45.9. The highest BCUT2D eigenvalue weighted by Crippen LogP contribution is 2.30. The predicted octanol–water partition coefficient (Wildman–Crippen LogP) is 2.76. The summed E-state index contributed by atoms with van der Waals surface area (Å²) in [6, 6.07) is 8.25. The standard InChI is InChI=1S/C17H23F3N2O3/c1-4-25-15(24)16(17(18,19)20,22-14(23)10-12(2)3)21-11-13-8-6-5-7-9-13/h5-9,12,21H,4,10-11H2,1-3H3,(H,22,23). The first-order valence-corrected chi connectivity index (χ1v) is 7.96. The second kappa shape index (κ2) is 8.84. The van der Waals surface area contributed by atoms with Gasteiger partial charge in [-0.25, -0.2) is 4.79 Å². The van der Waals surface area contributed by atoms with Crippen molar-refractivity contribution in [1.82, 2.24) is 10.6 Å². The number of hydrogen-bond acceptors (Lipinski definition) is 4. The number of hydrogen-bond donors (Lipinski definition) is 2. The summed E-state index contributed by atoms with van der Waals surface area (Å²) in [7, 11) is 0. The quantitative estimate of drug-likeness (QED) is 0.553. The molecule has 0 aliphatic heterocycles. The van der Waals surface area contributed by atoms with Crippen molar-refractivity contribution in [2.24, 2.45) is 5.92 Å². The van der Waals surface area contributed by atoms with Crippen LogP contribution in [0.15, 0.2) is 30.3 Å². The van der Waals surface area contributed by atoms with Crippen LogP contribution < -0.4 is 10.6 Å². The molecule has 1 rings (SSSR count). The van der Waals surface area contributed by atoms with E-state index in [1.54, 1.807) is 44.2 Å². The molecule has 1 amide bonds. The van der Waals surface area contributed by atoms with E-state index in [4.69, 9.17) is 0 Å². The molecule has 140 valence electrons. The second-order valence-corrected chi connectivity index (χ2v) is 5.95. The lowest BCUT2D eigenvalue weighted by molar-refractivity contribution is -0.222. The normalized spacial score (nSPS) is 14.0. The molecule has 0 bridgehead atoms. The molecule has 0 heterocycles. The van der Waals surface area contributed by atoms with Crippen molar-refractivity contribution in [1.29, 1.82) is 0 Å². The topological polar surface area (TPSA) is 67.4 Å². The van der Waals surface area contributed by atoms with Gasteiger partial charge in [-0.3, -0.25) is 10.1 Å². The minimum Gasteiger partial charge on any atom is -0.463 e. The molecule has 1 aromatic rings. The molecule has 8 heteroatoms. The molecule has 0 saturated heterocycles. The van der Waals surface area contributed by atoms with Crippen molar-refractivity contribution in [2.75, 3.05) is 6.61 Å². The fourth-order valence-electron chi connectivity index (χ4n) is 2.16. The third-order valence-electron chi connectivity index (χ3n) is 3.33. The van der Waals surface area contributed by atoms with Crippen LogP contribution in [0.2, 0.25) is 0 Å².